The van der Waals surface area contributed by atoms with Gasteiger partial charge in [-0.25, -0.2) is 0 Å². The van der Waals surface area contributed by atoms with Crippen molar-refractivity contribution < 1.29 is 14.2 Å². The molecule has 19 heavy (non-hydrogen) atoms. The van der Waals surface area contributed by atoms with Crippen molar-refractivity contribution in [2.45, 2.75) is 52.5 Å². The highest BCUT2D eigenvalue weighted by molar-refractivity contribution is 4.66. The van der Waals surface area contributed by atoms with E-state index in [9.17, 15) is 0 Å². The van der Waals surface area contributed by atoms with Crippen molar-refractivity contribution >= 4 is 0 Å². The summed E-state index contributed by atoms with van der Waals surface area (Å²) in [6, 6.07) is 0.292. The Labute approximate surface area is 119 Å². The van der Waals surface area contributed by atoms with Crippen molar-refractivity contribution in [3.05, 3.63) is 0 Å². The van der Waals surface area contributed by atoms with E-state index in [-0.39, 0.29) is 0 Å². The molecule has 0 aliphatic carbocycles. The Morgan fingerprint density at radius 2 is 1.37 bits per heavy atom. The maximum atomic E-state index is 5.95. The summed E-state index contributed by atoms with van der Waals surface area (Å²) in [7, 11) is 0. The number of nitrogens with two attached hydrogens (primary N) is 1. The van der Waals surface area contributed by atoms with Gasteiger partial charge in [-0.05, 0) is 25.2 Å². The summed E-state index contributed by atoms with van der Waals surface area (Å²) < 4.78 is 16.3. The van der Waals surface area contributed by atoms with Gasteiger partial charge in [-0.3, -0.25) is 0 Å². The molecule has 0 radical (unpaired) electrons. The lowest BCUT2D eigenvalue weighted by Crippen LogP contribution is -2.28. The zero-order valence-electron chi connectivity index (χ0n) is 13.0. The van der Waals surface area contributed by atoms with E-state index in [0.29, 0.717) is 38.4 Å². The molecule has 4 nitrogen and oxygen atoms in total. The molecule has 0 saturated carbocycles. The topological polar surface area (TPSA) is 53.7 Å². The average Bonchev–Trinajstić information content (AvgIpc) is 2.43. The molecular weight excluding hydrogens is 242 g/mol. The van der Waals surface area contributed by atoms with Gasteiger partial charge in [0.2, 0.25) is 0 Å². The fraction of sp³-hybridized carbons (Fsp3) is 1.00. The summed E-state index contributed by atoms with van der Waals surface area (Å²) in [6.07, 6.45) is 4.35. The van der Waals surface area contributed by atoms with Gasteiger partial charge in [0.05, 0.1) is 26.4 Å². The smallest absolute Gasteiger partial charge is 0.0701 e. The molecule has 0 bridgehead atoms. The molecule has 0 aromatic heterocycles. The molecular formula is C15H33NO3. The first-order valence-corrected chi connectivity index (χ1v) is 7.71. The van der Waals surface area contributed by atoms with E-state index < -0.39 is 0 Å². The molecule has 0 aliphatic rings. The lowest BCUT2D eigenvalue weighted by molar-refractivity contribution is 0.0117. The minimum absolute atomic E-state index is 0.292. The standard InChI is InChI=1S/C15H33NO3/c1-4-6-8-17-10-12-19-13-11-18-9-7-14(3)15(16)5-2/h14-15H,4-13,16H2,1-3H3. The highest BCUT2D eigenvalue weighted by Crippen LogP contribution is 2.08. The zero-order valence-corrected chi connectivity index (χ0v) is 13.0. The highest BCUT2D eigenvalue weighted by Gasteiger charge is 2.09. The van der Waals surface area contributed by atoms with Crippen LogP contribution in [0.2, 0.25) is 0 Å². The van der Waals surface area contributed by atoms with Gasteiger partial charge in [-0.2, -0.15) is 0 Å². The molecule has 0 aromatic rings. The van der Waals surface area contributed by atoms with E-state index in [1.165, 1.54) is 6.42 Å². The molecule has 0 fully saturated rings. The minimum Gasteiger partial charge on any atom is -0.379 e. The molecule has 0 aliphatic heterocycles. The number of hydrogen-bond acceptors (Lipinski definition) is 4. The largest absolute Gasteiger partial charge is 0.379 e. The molecule has 0 aromatic carbocycles. The van der Waals surface area contributed by atoms with Crippen LogP contribution in [0.5, 0.6) is 0 Å². The average molecular weight is 275 g/mol. The van der Waals surface area contributed by atoms with Gasteiger partial charge in [0.1, 0.15) is 0 Å². The Morgan fingerprint density at radius 1 is 0.842 bits per heavy atom. The monoisotopic (exact) mass is 275 g/mol. The zero-order chi connectivity index (χ0) is 14.3. The van der Waals surface area contributed by atoms with E-state index in [1.54, 1.807) is 0 Å². The number of hydrogen-bond donors (Lipinski definition) is 1. The normalized spacial score (nSPS) is 14.5. The van der Waals surface area contributed by atoms with Crippen LogP contribution in [-0.4, -0.2) is 45.7 Å². The summed E-state index contributed by atoms with van der Waals surface area (Å²) in [6.45, 7) is 10.7. The van der Waals surface area contributed by atoms with Crippen LogP contribution >= 0.6 is 0 Å². The second-order valence-corrected chi connectivity index (χ2v) is 5.03. The van der Waals surface area contributed by atoms with Crippen molar-refractivity contribution in [1.82, 2.24) is 0 Å². The van der Waals surface area contributed by atoms with Crippen molar-refractivity contribution in [3.8, 4) is 0 Å². The molecule has 4 heteroatoms. The first kappa shape index (κ1) is 18.8. The van der Waals surface area contributed by atoms with Crippen molar-refractivity contribution in [3.63, 3.8) is 0 Å². The van der Waals surface area contributed by atoms with Gasteiger partial charge in [-0.15, -0.1) is 0 Å². The summed E-state index contributed by atoms with van der Waals surface area (Å²) in [5, 5.41) is 0. The first-order chi connectivity index (χ1) is 9.22. The third-order valence-corrected chi connectivity index (χ3v) is 3.31. The highest BCUT2D eigenvalue weighted by atomic mass is 16.5. The van der Waals surface area contributed by atoms with E-state index >= 15 is 0 Å². The second kappa shape index (κ2) is 14.3. The van der Waals surface area contributed by atoms with Gasteiger partial charge in [0, 0.05) is 19.3 Å². The van der Waals surface area contributed by atoms with Gasteiger partial charge < -0.3 is 19.9 Å². The van der Waals surface area contributed by atoms with Crippen LogP contribution in [0.1, 0.15) is 46.5 Å². The fourth-order valence-electron chi connectivity index (χ4n) is 1.67. The van der Waals surface area contributed by atoms with Crippen LogP contribution < -0.4 is 5.73 Å². The Hall–Kier alpha value is -0.160. The van der Waals surface area contributed by atoms with Crippen molar-refractivity contribution in [2.75, 3.05) is 39.6 Å². The molecule has 0 rings (SSSR count). The third-order valence-electron chi connectivity index (χ3n) is 3.31. The predicted octanol–water partition coefficient (Wildman–Crippen LogP) is 2.60. The molecule has 2 atom stereocenters. The SMILES string of the molecule is CCCCOCCOCCOCCC(C)C(N)CC. The molecule has 0 heterocycles. The quantitative estimate of drug-likeness (QED) is 0.495. The van der Waals surface area contributed by atoms with Gasteiger partial charge in [0.15, 0.2) is 0 Å². The van der Waals surface area contributed by atoms with Crippen LogP contribution in [0, 0.1) is 5.92 Å². The van der Waals surface area contributed by atoms with Crippen LogP contribution in [0.25, 0.3) is 0 Å². The summed E-state index contributed by atoms with van der Waals surface area (Å²) in [5.74, 6) is 0.526. The van der Waals surface area contributed by atoms with Crippen LogP contribution in [0.4, 0.5) is 0 Å². The predicted molar refractivity (Wildman–Crippen MR) is 79.4 cm³/mol. The molecule has 2 N–H and O–H groups in total. The third kappa shape index (κ3) is 12.6. The fourth-order valence-corrected chi connectivity index (χ4v) is 1.67. The summed E-state index contributed by atoms with van der Waals surface area (Å²) in [5.41, 5.74) is 5.95. The second-order valence-electron chi connectivity index (χ2n) is 5.03. The lowest BCUT2D eigenvalue weighted by atomic mass is 9.98. The Kier molecular flexibility index (Phi) is 14.1. The Bertz CT molecular complexity index is 179. The summed E-state index contributed by atoms with van der Waals surface area (Å²) in [4.78, 5) is 0. The van der Waals surface area contributed by atoms with Crippen LogP contribution in [0.15, 0.2) is 0 Å². The minimum atomic E-state index is 0.292. The molecule has 2 unspecified atom stereocenters. The van der Waals surface area contributed by atoms with Crippen LogP contribution in [0.3, 0.4) is 0 Å². The molecule has 0 amide bonds. The van der Waals surface area contributed by atoms with Gasteiger partial charge in [0.25, 0.3) is 0 Å². The molecule has 116 valence electrons. The molecule has 0 saturated heterocycles. The first-order valence-electron chi connectivity index (χ1n) is 7.71. The maximum absolute atomic E-state index is 5.95. The number of unbranched alkanes of at least 4 members (excludes halogenated alkanes) is 1. The Morgan fingerprint density at radius 3 is 1.89 bits per heavy atom. The van der Waals surface area contributed by atoms with Gasteiger partial charge >= 0.3 is 0 Å². The van der Waals surface area contributed by atoms with E-state index in [4.69, 9.17) is 19.9 Å². The van der Waals surface area contributed by atoms with E-state index in [2.05, 4.69) is 20.8 Å². The van der Waals surface area contributed by atoms with Crippen molar-refractivity contribution in [1.29, 1.82) is 0 Å². The number of rotatable bonds is 14. The lowest BCUT2D eigenvalue weighted by Gasteiger charge is -2.17. The number of ether oxygens (including phenoxy) is 3. The van der Waals surface area contributed by atoms with Crippen LogP contribution in [-0.2, 0) is 14.2 Å². The van der Waals surface area contributed by atoms with Crippen molar-refractivity contribution in [2.24, 2.45) is 11.7 Å². The maximum Gasteiger partial charge on any atom is 0.0701 e. The van der Waals surface area contributed by atoms with Gasteiger partial charge in [-0.1, -0.05) is 27.2 Å². The molecule has 0 spiro atoms. The summed E-state index contributed by atoms with van der Waals surface area (Å²) >= 11 is 0. The Balaban J connectivity index is 3.10. The van der Waals surface area contributed by atoms with E-state index in [0.717, 1.165) is 32.5 Å². The van der Waals surface area contributed by atoms with E-state index in [1.807, 2.05) is 0 Å².